The van der Waals surface area contributed by atoms with Crippen molar-refractivity contribution < 1.29 is 167 Å². The third kappa shape index (κ3) is 45.0. The van der Waals surface area contributed by atoms with Crippen LogP contribution >= 0.6 is 0 Å². The number of esters is 1. The molecule has 5 N–H and O–H groups in total. The summed E-state index contributed by atoms with van der Waals surface area (Å²) in [5.74, 6) is 104. The van der Waals surface area contributed by atoms with E-state index < -0.39 is 83.9 Å². The van der Waals surface area contributed by atoms with Crippen LogP contribution in [-0.2, 0) is 97.9 Å². The number of ether oxygens (including phenoxy) is 5. The number of amides is 1. The molecule has 1 amide bonds. The van der Waals surface area contributed by atoms with Crippen molar-refractivity contribution in [1.29, 1.82) is 0 Å². The van der Waals surface area contributed by atoms with E-state index in [4.69, 9.17) is 40.6 Å². The second-order valence-electron chi connectivity index (χ2n) is 24.6. The van der Waals surface area contributed by atoms with Crippen molar-refractivity contribution in [3.05, 3.63) is 35.5 Å². The summed E-state index contributed by atoms with van der Waals surface area (Å²) in [5.41, 5.74) is 2.99. The van der Waals surface area contributed by atoms with E-state index in [1.165, 1.54) is 31.9 Å². The zero-order chi connectivity index (χ0) is 87.9. The molecular weight excluding hydrogens is 1540 g/mol. The Hall–Kier alpha value is -13.7. The SMILES string of the molecule is C#CC#CC#CC#CC#CC#CC#CC#CC#CC#CC#CC#CC#CC#CC#CC#CC#CC#CC#CC#CC#CC#CC#CC.CCC/C=C/C[C@@H]1/C=C(\C)C[C@H](C)C[C@H](OC)[C@H]2O[C@@](O)(C(=O)C(=O)N3CCCC[C@H]3C(=O)O[C@H](/C(C)=C/[C@@H]3CCC(=O)[C@H](OC)C3)[C@H](C)[C@@H](O)CC1=O)[C@H](C)C[C@@H]2OC.OOOOOONOOOOOO.[HH].[HH].[HH].[HH].[HH].[HH].[HH].[HH].[HH].[HH].[HH].[HH].[HH].[HH].[HH].[HH].[HH].[HH].[HH].[HH].[HH].[HH].[HH].[HH].[HH].[HH].[HH].[HH].[HH].[HH].[HH].[HH].[HH].[HH]. The molecule has 3 aliphatic heterocycles. The number of nitrogens with zero attached hydrogens (tertiary/aromatic N) is 1. The summed E-state index contributed by atoms with van der Waals surface area (Å²) >= 11 is 0. The van der Waals surface area contributed by atoms with Crippen molar-refractivity contribution in [1.82, 2.24) is 10.5 Å². The highest BCUT2D eigenvalue weighted by Crippen LogP contribution is 2.39. The summed E-state index contributed by atoms with van der Waals surface area (Å²) < 4.78 is 29.8. The molecule has 0 aromatic carbocycles. The Kier molecular flexibility index (Phi) is 56.7. The number of aliphatic hydroxyl groups is 2. The third-order valence-electron chi connectivity index (χ3n) is 16.4. The lowest BCUT2D eigenvalue weighted by Crippen LogP contribution is -2.64. The predicted octanol–water partition coefficient (Wildman–Crippen LogP) is 13.9. The number of carbonyl (C=O) groups excluding carboxylic acids is 5. The number of cyclic esters (lactones) is 1. The molecule has 0 spiro atoms. The molecule has 678 valence electrons. The number of allylic oxidation sites excluding steroid dienone is 5. The minimum atomic E-state index is -2.52. The standard InChI is InChI=1S/C47H73NO12.C47H4.H3NO12.34H2/c1-10-11-12-13-16-34-22-28(2)21-29(3)23-40(57-8)43-41(58-9)25-31(5)47(55,60-43)44(52)45(53)48-20-15-14-17-35(48)46(54)59-42(32(6)37(50)27-38(34)51)30(4)24-33-18-19-36(49)39(26-33)56-7;1-3-5-7-9-11-13-15-17-19-21-23-25-27-29-31-33-35-37-39-41-43-45-47-46-44-42-40-38-36-34-32-30-28-26-24-22-20-18-16-14-12-10-8-6-4-2;2-6-10-12-8-4-1-5-9-13-11-7-3;;;;;;;;;;;;;;;;;;;;;;;;;;;;;;;;;;/h12-13,22,24,29,31-35,37,39-43,50,55H,10-11,14-21,23,25-27H2,1-9H3;1H,2H3;1-3H;34*1H/b13-12+,28-22+,30-24+;;;;;;;;;;;;;;;;;;;;;;;;;;;;;;;;;;;;/t29-,31+,32+,33-,34+,35-,37-,39+,40-,41-,42+,43+,47+;;;;;;;;;;;;;;;;;;;;;;;;;;;;;;;;;;;;/m0..................................../s1. The van der Waals surface area contributed by atoms with Crippen LogP contribution in [0.1, 0.15) is 180 Å². The van der Waals surface area contributed by atoms with Gasteiger partial charge in [0, 0.05) is 273 Å². The molecule has 1 saturated carbocycles. The summed E-state index contributed by atoms with van der Waals surface area (Å²) in [7, 11) is 4.57. The molecule has 26 heteroatoms. The average Bonchev–Trinajstić information content (AvgIpc) is 0.773. The van der Waals surface area contributed by atoms with Gasteiger partial charge in [0.1, 0.15) is 30.1 Å². The number of rotatable bonds is 19. The largest absolute Gasteiger partial charge is 0.456 e. The van der Waals surface area contributed by atoms with Gasteiger partial charge in [-0.15, -0.1) is 6.42 Å². The van der Waals surface area contributed by atoms with E-state index in [1.54, 1.807) is 27.7 Å². The van der Waals surface area contributed by atoms with Crippen LogP contribution in [0.25, 0.3) is 0 Å². The van der Waals surface area contributed by atoms with Crippen molar-refractivity contribution in [2.75, 3.05) is 27.9 Å². The van der Waals surface area contributed by atoms with E-state index >= 15 is 0 Å². The summed E-state index contributed by atoms with van der Waals surface area (Å²) in [6.07, 6.45) is 14.2. The molecule has 4 aliphatic rings. The Balaban J connectivity index is -0.0000000463. The Morgan fingerprint density at radius 3 is 1.44 bits per heavy atom. The lowest BCUT2D eigenvalue weighted by molar-refractivity contribution is -0.792. The summed E-state index contributed by atoms with van der Waals surface area (Å²) in [5, 5.41) is 64.8. The summed E-state index contributed by atoms with van der Waals surface area (Å²) in [6.45, 7) is 13.1. The van der Waals surface area contributed by atoms with E-state index in [1.807, 2.05) is 25.2 Å². The lowest BCUT2D eigenvalue weighted by atomic mass is 9.82. The normalized spacial score (nSPS) is 21.9. The van der Waals surface area contributed by atoms with E-state index in [2.05, 4.69) is 337 Å². The maximum atomic E-state index is 14.4. The van der Waals surface area contributed by atoms with Gasteiger partial charge in [-0.05, 0) is 243 Å². The lowest BCUT2D eigenvalue weighted by Gasteiger charge is -2.47. The molecule has 2 bridgehead atoms. The average molecular weight is 1690 g/mol. The van der Waals surface area contributed by atoms with Gasteiger partial charge in [0.2, 0.25) is 5.79 Å². The highest BCUT2D eigenvalue weighted by atomic mass is 17.9. The van der Waals surface area contributed by atoms with Crippen LogP contribution in [0, 0.1) is 302 Å². The van der Waals surface area contributed by atoms with Crippen molar-refractivity contribution >= 4 is 29.2 Å². The molecule has 2 saturated heterocycles. The molecule has 4 rings (SSSR count). The van der Waals surface area contributed by atoms with Crippen LogP contribution in [0.15, 0.2) is 35.5 Å². The van der Waals surface area contributed by atoms with Crippen LogP contribution < -0.4 is 5.64 Å². The number of piperidine rings is 1. The van der Waals surface area contributed by atoms with Crippen LogP contribution in [0.2, 0.25) is 0 Å². The molecular formula is C94H148N2O24. The van der Waals surface area contributed by atoms with E-state index in [9.17, 15) is 34.2 Å². The second kappa shape index (κ2) is 66.4. The van der Waals surface area contributed by atoms with Gasteiger partial charge in [0.25, 0.3) is 11.7 Å². The van der Waals surface area contributed by atoms with Crippen molar-refractivity contribution in [3.63, 3.8) is 0 Å². The molecule has 1 aliphatic carbocycles. The van der Waals surface area contributed by atoms with Crippen molar-refractivity contribution in [2.45, 2.75) is 180 Å². The molecule has 0 aromatic rings. The number of methoxy groups -OCH3 is 3. The molecule has 13 atom stereocenters. The Bertz CT molecular complexity index is 5370. The summed E-state index contributed by atoms with van der Waals surface area (Å²) in [6, 6.07) is -1.15. The fraction of sp³-hybridized carbons (Fsp3) is 0.394. The molecule has 3 heterocycles. The van der Waals surface area contributed by atoms with Gasteiger partial charge in [-0.25, -0.2) is 15.3 Å². The zero-order valence-corrected chi connectivity index (χ0v) is 67.1. The molecule has 120 heavy (non-hydrogen) atoms. The Morgan fingerprint density at radius 1 is 0.583 bits per heavy atom. The number of hydrogen-bond acceptors (Lipinski definition) is 25. The first-order chi connectivity index (χ1) is 58.3. The predicted molar refractivity (Wildman–Crippen MR) is 502 cm³/mol. The van der Waals surface area contributed by atoms with Gasteiger partial charge < -0.3 is 38.8 Å². The number of hydrogen-bond donors (Lipinski definition) is 5. The zero-order valence-electron chi connectivity index (χ0n) is 67.1. The minimum Gasteiger partial charge on any atom is -0.456 e. The maximum Gasteiger partial charge on any atom is 0.329 e. The van der Waals surface area contributed by atoms with Gasteiger partial charge in [-0.2, -0.15) is 0 Å². The number of fused-ring (bicyclic) bond motifs is 3. The van der Waals surface area contributed by atoms with Gasteiger partial charge in [0.05, 0.1) is 18.3 Å². The first-order valence-corrected chi connectivity index (χ1v) is 36.2. The number of Topliss-reactive ketones (excluding diaryl/α,β-unsaturated/α-hetero) is 3. The van der Waals surface area contributed by atoms with Gasteiger partial charge in [-0.1, -0.05) is 79.9 Å². The van der Waals surface area contributed by atoms with Crippen LogP contribution in [0.4, 0.5) is 0 Å². The highest BCUT2D eigenvalue weighted by molar-refractivity contribution is 6.39. The second-order valence-corrected chi connectivity index (χ2v) is 24.6. The van der Waals surface area contributed by atoms with Crippen LogP contribution in [0.5, 0.6) is 0 Å². The first-order valence-electron chi connectivity index (χ1n) is 36.2. The van der Waals surface area contributed by atoms with Gasteiger partial charge in [-0.3, -0.25) is 19.2 Å². The number of aliphatic hydroxyl groups excluding tert-OH is 1. The molecule has 0 aromatic heterocycles. The number of ketones is 3. The third-order valence-corrected chi connectivity index (χ3v) is 16.4. The highest BCUT2D eigenvalue weighted by Gasteiger charge is 2.57. The molecule has 3 fully saturated rings. The molecule has 0 unspecified atom stereocenters. The maximum absolute atomic E-state index is 14.4. The summed E-state index contributed by atoms with van der Waals surface area (Å²) in [4.78, 5) is 78.0. The monoisotopic (exact) mass is 1690 g/mol. The van der Waals surface area contributed by atoms with Crippen LogP contribution in [0.3, 0.4) is 0 Å². The topological polar surface area (TPSA) is 320 Å². The number of carbonyl (C=O) groups is 5. The molecule has 0 radical (unpaired) electrons. The molecule has 26 nitrogen and oxygen atoms in total. The van der Waals surface area contributed by atoms with Crippen LogP contribution in [-0.4, -0.2) is 131 Å². The Labute approximate surface area is 751 Å². The van der Waals surface area contributed by atoms with E-state index in [0.717, 1.165) is 18.4 Å². The van der Waals surface area contributed by atoms with Crippen molar-refractivity contribution in [3.8, 4) is 273 Å². The minimum absolute atomic E-state index is 0. The van der Waals surface area contributed by atoms with Gasteiger partial charge in [0.15, 0.2) is 5.78 Å². The Morgan fingerprint density at radius 2 is 1.02 bits per heavy atom. The fourth-order valence-electron chi connectivity index (χ4n) is 11.1. The fourth-order valence-corrected chi connectivity index (χ4v) is 11.1. The smallest absolute Gasteiger partial charge is 0.329 e. The number of unbranched alkanes of at least 4 members (excludes halogenated alkanes) is 1. The van der Waals surface area contributed by atoms with Gasteiger partial charge >= 0.3 is 5.97 Å². The van der Waals surface area contributed by atoms with E-state index in [0.29, 0.717) is 56.9 Å². The number of terminal acetylenes is 1. The van der Waals surface area contributed by atoms with Crippen molar-refractivity contribution in [2.24, 2.45) is 29.6 Å². The quantitative estimate of drug-likeness (QED) is 0.0153. The first kappa shape index (κ1) is 102. The van der Waals surface area contributed by atoms with E-state index in [-0.39, 0.29) is 97.7 Å². The number of nitrogens with one attached hydrogen (secondary N) is 1.